The first kappa shape index (κ1) is 14.9. The minimum atomic E-state index is 0.583. The smallest absolute Gasteiger partial charge is 0.118 e. The molecule has 0 saturated heterocycles. The summed E-state index contributed by atoms with van der Waals surface area (Å²) in [6, 6.07) is 13.6. The van der Waals surface area contributed by atoms with Crippen LogP contribution in [0.25, 0.3) is 0 Å². The Balaban J connectivity index is 2.13. The predicted molar refractivity (Wildman–Crippen MR) is 88.3 cm³/mol. The molecule has 4 heteroatoms. The minimum Gasteiger partial charge on any atom is -0.497 e. The van der Waals surface area contributed by atoms with Crippen LogP contribution in [0.2, 0.25) is 0 Å². The van der Waals surface area contributed by atoms with Crippen molar-refractivity contribution >= 4 is 17.1 Å². The number of hydrogen-bond donors (Lipinski definition) is 3. The zero-order chi connectivity index (χ0) is 15.2. The molecule has 21 heavy (non-hydrogen) atoms. The van der Waals surface area contributed by atoms with Gasteiger partial charge in [-0.25, -0.2) is 0 Å². The average Bonchev–Trinajstić information content (AvgIpc) is 2.53. The van der Waals surface area contributed by atoms with E-state index in [4.69, 9.17) is 15.9 Å². The second-order valence-corrected chi connectivity index (χ2v) is 4.84. The van der Waals surface area contributed by atoms with Gasteiger partial charge in [0.05, 0.1) is 7.11 Å². The molecule has 0 fully saturated rings. The number of methoxy groups -OCH3 is 1. The molecule has 0 unspecified atom stereocenters. The van der Waals surface area contributed by atoms with Crippen molar-refractivity contribution < 1.29 is 4.74 Å². The Morgan fingerprint density at radius 2 is 1.90 bits per heavy atom. The number of hydrogen-bond acceptors (Lipinski definition) is 4. The molecule has 4 N–H and O–H groups in total. The lowest BCUT2D eigenvalue weighted by molar-refractivity contribution is 0.414. The van der Waals surface area contributed by atoms with Crippen LogP contribution in [-0.4, -0.2) is 12.8 Å². The SMILES string of the molecule is CCC(=N)c1cc(N)ccc1NCc1ccc(OC)cc1. The fraction of sp³-hybridized carbons (Fsp3) is 0.235. The summed E-state index contributed by atoms with van der Waals surface area (Å²) in [5.41, 5.74) is 10.0. The van der Waals surface area contributed by atoms with Gasteiger partial charge in [-0.2, -0.15) is 0 Å². The summed E-state index contributed by atoms with van der Waals surface area (Å²) in [4.78, 5) is 0. The summed E-state index contributed by atoms with van der Waals surface area (Å²) < 4.78 is 5.15. The molecule has 0 heterocycles. The zero-order valence-corrected chi connectivity index (χ0v) is 12.4. The number of rotatable bonds is 6. The molecule has 2 aromatic rings. The van der Waals surface area contributed by atoms with Crippen molar-refractivity contribution in [1.29, 1.82) is 5.41 Å². The molecule has 0 bridgehead atoms. The molecule has 0 aromatic heterocycles. The molecule has 0 aliphatic rings. The average molecular weight is 283 g/mol. The third-order valence-electron chi connectivity index (χ3n) is 3.36. The summed E-state index contributed by atoms with van der Waals surface area (Å²) in [6.07, 6.45) is 0.681. The van der Waals surface area contributed by atoms with Gasteiger partial charge in [0.15, 0.2) is 0 Å². The van der Waals surface area contributed by atoms with Crippen molar-refractivity contribution in [3.05, 3.63) is 53.6 Å². The number of benzene rings is 2. The number of nitrogen functional groups attached to an aromatic ring is 1. The monoisotopic (exact) mass is 283 g/mol. The first-order chi connectivity index (χ1) is 10.1. The molecule has 2 aromatic carbocycles. The first-order valence-electron chi connectivity index (χ1n) is 6.98. The Morgan fingerprint density at radius 1 is 1.19 bits per heavy atom. The van der Waals surface area contributed by atoms with Crippen LogP contribution in [0.15, 0.2) is 42.5 Å². The Morgan fingerprint density at radius 3 is 2.52 bits per heavy atom. The summed E-state index contributed by atoms with van der Waals surface area (Å²) in [6.45, 7) is 2.66. The number of anilines is 2. The van der Waals surface area contributed by atoms with Crippen molar-refractivity contribution in [3.8, 4) is 5.75 Å². The van der Waals surface area contributed by atoms with E-state index in [2.05, 4.69) is 5.32 Å². The largest absolute Gasteiger partial charge is 0.497 e. The lowest BCUT2D eigenvalue weighted by Crippen LogP contribution is -2.07. The summed E-state index contributed by atoms with van der Waals surface area (Å²) in [7, 11) is 1.66. The Hall–Kier alpha value is -2.49. The van der Waals surface area contributed by atoms with Crippen LogP contribution in [0, 0.1) is 5.41 Å². The minimum absolute atomic E-state index is 0.583. The quantitative estimate of drug-likeness (QED) is 0.559. The second-order valence-electron chi connectivity index (χ2n) is 4.84. The van der Waals surface area contributed by atoms with Crippen LogP contribution in [0.1, 0.15) is 24.5 Å². The van der Waals surface area contributed by atoms with Crippen molar-refractivity contribution in [1.82, 2.24) is 0 Å². The van der Waals surface area contributed by atoms with Crippen LogP contribution in [0.5, 0.6) is 5.75 Å². The van der Waals surface area contributed by atoms with E-state index < -0.39 is 0 Å². The molecule has 2 rings (SSSR count). The van der Waals surface area contributed by atoms with Crippen LogP contribution in [0.3, 0.4) is 0 Å². The molecular weight excluding hydrogens is 262 g/mol. The lowest BCUT2D eigenvalue weighted by Gasteiger charge is -2.13. The molecule has 0 aliphatic carbocycles. The Bertz CT molecular complexity index is 620. The molecule has 0 atom stereocenters. The fourth-order valence-electron chi connectivity index (χ4n) is 2.10. The molecule has 4 nitrogen and oxygen atoms in total. The van der Waals surface area contributed by atoms with E-state index in [9.17, 15) is 0 Å². The van der Waals surface area contributed by atoms with E-state index in [-0.39, 0.29) is 0 Å². The summed E-state index contributed by atoms with van der Waals surface area (Å²) in [5, 5.41) is 11.4. The predicted octanol–water partition coefficient (Wildman–Crippen LogP) is 3.67. The maximum absolute atomic E-state index is 8.04. The molecule has 0 saturated carbocycles. The lowest BCUT2D eigenvalue weighted by atomic mass is 10.0. The van der Waals surface area contributed by atoms with Crippen molar-refractivity contribution in [2.75, 3.05) is 18.2 Å². The van der Waals surface area contributed by atoms with Gasteiger partial charge >= 0.3 is 0 Å². The van der Waals surface area contributed by atoms with E-state index in [1.807, 2.05) is 49.4 Å². The maximum Gasteiger partial charge on any atom is 0.118 e. The highest BCUT2D eigenvalue weighted by Gasteiger charge is 2.07. The third-order valence-corrected chi connectivity index (χ3v) is 3.36. The van der Waals surface area contributed by atoms with Gasteiger partial charge in [-0.1, -0.05) is 19.1 Å². The summed E-state index contributed by atoms with van der Waals surface area (Å²) >= 11 is 0. The molecule has 0 amide bonds. The number of nitrogens with two attached hydrogens (primary N) is 1. The second kappa shape index (κ2) is 6.79. The van der Waals surface area contributed by atoms with Crippen molar-refractivity contribution in [2.45, 2.75) is 19.9 Å². The Kier molecular flexibility index (Phi) is 4.82. The number of ether oxygens (including phenoxy) is 1. The fourth-order valence-corrected chi connectivity index (χ4v) is 2.10. The molecule has 0 aliphatic heterocycles. The van der Waals surface area contributed by atoms with Gasteiger partial charge in [0.2, 0.25) is 0 Å². The van der Waals surface area contributed by atoms with Crippen LogP contribution in [-0.2, 0) is 6.54 Å². The normalized spacial score (nSPS) is 10.2. The highest BCUT2D eigenvalue weighted by molar-refractivity contribution is 6.03. The Labute approximate surface area is 125 Å². The van der Waals surface area contributed by atoms with Crippen molar-refractivity contribution in [3.63, 3.8) is 0 Å². The van der Waals surface area contributed by atoms with Gasteiger partial charge in [-0.3, -0.25) is 0 Å². The first-order valence-corrected chi connectivity index (χ1v) is 6.98. The zero-order valence-electron chi connectivity index (χ0n) is 12.4. The van der Waals surface area contributed by atoms with Gasteiger partial charge in [0.25, 0.3) is 0 Å². The standard InChI is InChI=1S/C17H21N3O/c1-3-16(19)15-10-13(18)6-9-17(15)20-11-12-4-7-14(21-2)8-5-12/h4-10,19-20H,3,11,18H2,1-2H3. The third kappa shape index (κ3) is 3.75. The number of nitrogens with one attached hydrogen (secondary N) is 2. The summed E-state index contributed by atoms with van der Waals surface area (Å²) in [5.74, 6) is 0.847. The van der Waals surface area contributed by atoms with Gasteiger partial charge in [-0.05, 0) is 42.3 Å². The highest BCUT2D eigenvalue weighted by Crippen LogP contribution is 2.21. The molecular formula is C17H21N3O. The van der Waals surface area contributed by atoms with E-state index >= 15 is 0 Å². The van der Waals surface area contributed by atoms with Gasteiger partial charge in [0.1, 0.15) is 5.75 Å². The van der Waals surface area contributed by atoms with E-state index in [0.29, 0.717) is 24.4 Å². The molecule has 0 radical (unpaired) electrons. The van der Waals surface area contributed by atoms with Gasteiger partial charge in [0, 0.05) is 29.2 Å². The topological polar surface area (TPSA) is 71.1 Å². The maximum atomic E-state index is 8.04. The van der Waals surface area contributed by atoms with Gasteiger partial charge in [-0.15, -0.1) is 0 Å². The van der Waals surface area contributed by atoms with Gasteiger partial charge < -0.3 is 21.2 Å². The molecule has 110 valence electrons. The highest BCUT2D eigenvalue weighted by atomic mass is 16.5. The van der Waals surface area contributed by atoms with Crippen LogP contribution < -0.4 is 15.8 Å². The van der Waals surface area contributed by atoms with E-state index in [1.165, 1.54) is 0 Å². The van der Waals surface area contributed by atoms with E-state index in [1.54, 1.807) is 7.11 Å². The van der Waals surface area contributed by atoms with E-state index in [0.717, 1.165) is 22.6 Å². The van der Waals surface area contributed by atoms with Crippen LogP contribution in [0.4, 0.5) is 11.4 Å². The van der Waals surface area contributed by atoms with Crippen LogP contribution >= 0.6 is 0 Å². The van der Waals surface area contributed by atoms with Crippen molar-refractivity contribution in [2.24, 2.45) is 0 Å². The molecule has 0 spiro atoms.